The highest BCUT2D eigenvalue weighted by molar-refractivity contribution is 5.94. The van der Waals surface area contributed by atoms with Crippen molar-refractivity contribution in [3.63, 3.8) is 0 Å². The van der Waals surface area contributed by atoms with E-state index in [-0.39, 0.29) is 23.1 Å². The van der Waals surface area contributed by atoms with Crippen molar-refractivity contribution in [3.8, 4) is 0 Å². The number of aliphatic hydroxyl groups is 2. The summed E-state index contributed by atoms with van der Waals surface area (Å²) in [5, 5.41) is 18.6. The molecule has 0 aliphatic carbocycles. The lowest BCUT2D eigenvalue weighted by molar-refractivity contribution is -0.114. The molecule has 0 atom stereocenters. The Balaban J connectivity index is 4.31. The van der Waals surface area contributed by atoms with Gasteiger partial charge in [0.25, 0.3) is 0 Å². The smallest absolute Gasteiger partial charge is 0.159 e. The predicted molar refractivity (Wildman–Crippen MR) is 70.5 cm³/mol. The zero-order chi connectivity index (χ0) is 14.3. The van der Waals surface area contributed by atoms with Crippen LogP contribution in [0.2, 0.25) is 0 Å². The van der Waals surface area contributed by atoms with E-state index < -0.39 is 0 Å². The van der Waals surface area contributed by atoms with Crippen LogP contribution in [0.4, 0.5) is 0 Å². The monoisotopic (exact) mass is 254 g/mol. The molecule has 0 aliphatic rings. The number of rotatable bonds is 7. The van der Waals surface area contributed by atoms with Crippen molar-refractivity contribution < 1.29 is 19.8 Å². The third kappa shape index (κ3) is 5.66. The molecule has 0 saturated heterocycles. The van der Waals surface area contributed by atoms with Crippen molar-refractivity contribution in [1.82, 2.24) is 0 Å². The second-order valence-corrected chi connectivity index (χ2v) is 4.45. The van der Waals surface area contributed by atoms with Crippen LogP contribution < -0.4 is 0 Å². The Hall–Kier alpha value is -1.58. The molecule has 0 unspecified atom stereocenters. The standard InChI is InChI=1S/C14H22O4/c1-9(15)13(10(2)16)7-5-6-8-14(11(3)17)12(4)18/h15,17H,5-8H2,1-4H3/b13-9-,14-11-. The van der Waals surface area contributed by atoms with E-state index in [1.807, 2.05) is 0 Å². The fourth-order valence-electron chi connectivity index (χ4n) is 1.83. The van der Waals surface area contributed by atoms with Crippen molar-refractivity contribution in [2.45, 2.75) is 53.4 Å². The fourth-order valence-corrected chi connectivity index (χ4v) is 1.83. The summed E-state index contributed by atoms with van der Waals surface area (Å²) in [5.41, 5.74) is 0.869. The summed E-state index contributed by atoms with van der Waals surface area (Å²) in [4.78, 5) is 22.4. The van der Waals surface area contributed by atoms with E-state index in [9.17, 15) is 19.8 Å². The van der Waals surface area contributed by atoms with Gasteiger partial charge in [-0.1, -0.05) is 0 Å². The van der Waals surface area contributed by atoms with Gasteiger partial charge in [-0.05, 0) is 53.4 Å². The Kier molecular flexibility index (Phi) is 7.01. The largest absolute Gasteiger partial charge is 0.512 e. The summed E-state index contributed by atoms with van der Waals surface area (Å²) < 4.78 is 0. The van der Waals surface area contributed by atoms with E-state index in [2.05, 4.69) is 0 Å². The number of Topliss-reactive ketones (excluding diaryl/α,β-unsaturated/α-hetero) is 2. The van der Waals surface area contributed by atoms with Crippen LogP contribution in [-0.2, 0) is 9.59 Å². The van der Waals surface area contributed by atoms with Gasteiger partial charge in [-0.2, -0.15) is 0 Å². The number of unbranched alkanes of at least 4 members (excludes halogenated alkanes) is 1. The number of aliphatic hydroxyl groups excluding tert-OH is 2. The second-order valence-electron chi connectivity index (χ2n) is 4.45. The van der Waals surface area contributed by atoms with Crippen LogP contribution in [0.1, 0.15) is 53.4 Å². The summed E-state index contributed by atoms with van der Waals surface area (Å²) in [6, 6.07) is 0. The van der Waals surface area contributed by atoms with Crippen molar-refractivity contribution in [2.75, 3.05) is 0 Å². The zero-order valence-corrected chi connectivity index (χ0v) is 11.5. The summed E-state index contributed by atoms with van der Waals surface area (Å²) in [7, 11) is 0. The lowest BCUT2D eigenvalue weighted by atomic mass is 9.99. The van der Waals surface area contributed by atoms with Crippen LogP contribution in [0.3, 0.4) is 0 Å². The third-order valence-corrected chi connectivity index (χ3v) is 2.83. The molecule has 18 heavy (non-hydrogen) atoms. The average Bonchev–Trinajstić information content (AvgIpc) is 2.20. The number of carbonyl (C=O) groups excluding carboxylic acids is 2. The summed E-state index contributed by atoms with van der Waals surface area (Å²) >= 11 is 0. The molecule has 0 amide bonds. The molecule has 0 aromatic heterocycles. The van der Waals surface area contributed by atoms with E-state index in [1.165, 1.54) is 27.7 Å². The highest BCUT2D eigenvalue weighted by atomic mass is 16.3. The molecule has 0 aliphatic heterocycles. The molecule has 2 N–H and O–H groups in total. The van der Waals surface area contributed by atoms with Crippen molar-refractivity contribution >= 4 is 11.6 Å². The molecule has 0 aromatic carbocycles. The summed E-state index contributed by atoms with van der Waals surface area (Å²) in [6.45, 7) is 5.84. The molecule has 0 bridgehead atoms. The van der Waals surface area contributed by atoms with E-state index in [0.29, 0.717) is 36.8 Å². The molecule has 0 heterocycles. The maximum Gasteiger partial charge on any atom is 0.159 e. The maximum atomic E-state index is 11.2. The first-order chi connectivity index (χ1) is 8.27. The van der Waals surface area contributed by atoms with Gasteiger partial charge in [-0.25, -0.2) is 0 Å². The number of hydrogen-bond acceptors (Lipinski definition) is 4. The van der Waals surface area contributed by atoms with Gasteiger partial charge >= 0.3 is 0 Å². The van der Waals surface area contributed by atoms with Crippen molar-refractivity contribution in [2.24, 2.45) is 0 Å². The number of ketones is 2. The van der Waals surface area contributed by atoms with Gasteiger partial charge < -0.3 is 10.2 Å². The Bertz CT molecular complexity index is 343. The molecule has 102 valence electrons. The third-order valence-electron chi connectivity index (χ3n) is 2.83. The Morgan fingerprint density at radius 2 is 1.00 bits per heavy atom. The Morgan fingerprint density at radius 3 is 1.17 bits per heavy atom. The lowest BCUT2D eigenvalue weighted by Gasteiger charge is -2.07. The van der Waals surface area contributed by atoms with Crippen molar-refractivity contribution in [1.29, 1.82) is 0 Å². The quantitative estimate of drug-likeness (QED) is 0.415. The minimum absolute atomic E-state index is 0.0585. The lowest BCUT2D eigenvalue weighted by Crippen LogP contribution is -2.02. The van der Waals surface area contributed by atoms with Crippen LogP contribution in [0.25, 0.3) is 0 Å². The molecule has 0 spiro atoms. The van der Waals surface area contributed by atoms with Gasteiger partial charge in [0.1, 0.15) is 0 Å². The molecule has 0 saturated carbocycles. The highest BCUT2D eigenvalue weighted by Crippen LogP contribution is 2.17. The number of carbonyl (C=O) groups is 2. The van der Waals surface area contributed by atoms with E-state index in [4.69, 9.17) is 0 Å². The van der Waals surface area contributed by atoms with Gasteiger partial charge in [0.2, 0.25) is 0 Å². The van der Waals surface area contributed by atoms with Gasteiger partial charge in [0.15, 0.2) is 11.6 Å². The molecular weight excluding hydrogens is 232 g/mol. The van der Waals surface area contributed by atoms with E-state index >= 15 is 0 Å². The van der Waals surface area contributed by atoms with Crippen LogP contribution in [0.15, 0.2) is 22.7 Å². The molecule has 4 nitrogen and oxygen atoms in total. The first-order valence-electron chi connectivity index (χ1n) is 6.06. The minimum atomic E-state index is -0.129. The number of hydrogen-bond donors (Lipinski definition) is 2. The summed E-state index contributed by atoms with van der Waals surface area (Å²) in [6.07, 6.45) is 2.37. The topological polar surface area (TPSA) is 74.6 Å². The van der Waals surface area contributed by atoms with Crippen molar-refractivity contribution in [3.05, 3.63) is 22.7 Å². The normalized spacial score (nSPS) is 13.8. The molecule has 0 rings (SSSR count). The summed E-state index contributed by atoms with van der Waals surface area (Å²) in [5.74, 6) is -0.141. The first kappa shape index (κ1) is 16.4. The van der Waals surface area contributed by atoms with Gasteiger partial charge in [0.05, 0.1) is 11.5 Å². The van der Waals surface area contributed by atoms with Crippen LogP contribution in [0.5, 0.6) is 0 Å². The zero-order valence-electron chi connectivity index (χ0n) is 11.5. The van der Waals surface area contributed by atoms with Gasteiger partial charge in [-0.15, -0.1) is 0 Å². The second kappa shape index (κ2) is 7.69. The molecule has 0 radical (unpaired) electrons. The molecule has 0 fully saturated rings. The molecule has 0 aromatic rings. The van der Waals surface area contributed by atoms with E-state index in [1.54, 1.807) is 0 Å². The first-order valence-corrected chi connectivity index (χ1v) is 6.06. The molecule has 4 heteroatoms. The maximum absolute atomic E-state index is 11.2. The minimum Gasteiger partial charge on any atom is -0.512 e. The SMILES string of the molecule is CC(=O)/C(CCCC/C(C(C)=O)=C(\C)O)=C(/C)O. The number of allylic oxidation sites excluding steroid dienone is 4. The van der Waals surface area contributed by atoms with Crippen LogP contribution in [0, 0.1) is 0 Å². The van der Waals surface area contributed by atoms with E-state index in [0.717, 1.165) is 0 Å². The average molecular weight is 254 g/mol. The fraction of sp³-hybridized carbons (Fsp3) is 0.571. The van der Waals surface area contributed by atoms with Gasteiger partial charge in [0, 0.05) is 11.1 Å². The van der Waals surface area contributed by atoms with Crippen LogP contribution in [-0.4, -0.2) is 21.8 Å². The Morgan fingerprint density at radius 1 is 0.722 bits per heavy atom. The highest BCUT2D eigenvalue weighted by Gasteiger charge is 2.10. The predicted octanol–water partition coefficient (Wildman–Crippen LogP) is 3.39. The van der Waals surface area contributed by atoms with Gasteiger partial charge in [-0.3, -0.25) is 9.59 Å². The van der Waals surface area contributed by atoms with Crippen LogP contribution >= 0.6 is 0 Å². The molecular formula is C14H22O4. The Labute approximate surface area is 108 Å².